The molecule has 0 radical (unpaired) electrons. The van der Waals surface area contributed by atoms with Crippen molar-refractivity contribution >= 4 is 6.09 Å². The van der Waals surface area contributed by atoms with Gasteiger partial charge < -0.3 is 10.0 Å². The molecule has 74 valence electrons. The fourth-order valence-electron chi connectivity index (χ4n) is 2.60. The molecule has 2 atom stereocenters. The van der Waals surface area contributed by atoms with E-state index in [2.05, 4.69) is 11.8 Å². The Morgan fingerprint density at radius 3 is 2.92 bits per heavy atom. The third-order valence-corrected chi connectivity index (χ3v) is 3.34. The van der Waals surface area contributed by atoms with Gasteiger partial charge in [0.25, 0.3) is 0 Å². The first-order chi connectivity index (χ1) is 6.22. The van der Waals surface area contributed by atoms with Crippen LogP contribution < -0.4 is 0 Å². The Bertz CT molecular complexity index is 220. The number of amides is 1. The van der Waals surface area contributed by atoms with Gasteiger partial charge in [0, 0.05) is 19.1 Å². The number of rotatable bonds is 1. The Morgan fingerprint density at radius 2 is 2.31 bits per heavy atom. The van der Waals surface area contributed by atoms with Gasteiger partial charge in [0.05, 0.1) is 0 Å². The van der Waals surface area contributed by atoms with Gasteiger partial charge in [-0.1, -0.05) is 6.92 Å². The van der Waals surface area contributed by atoms with Crippen LogP contribution >= 0.6 is 0 Å². The molecular weight excluding hydrogens is 168 g/mol. The van der Waals surface area contributed by atoms with Crippen LogP contribution in [0.15, 0.2) is 0 Å². The minimum Gasteiger partial charge on any atom is -0.465 e. The van der Waals surface area contributed by atoms with Crippen LogP contribution in [0.5, 0.6) is 0 Å². The van der Waals surface area contributed by atoms with Crippen LogP contribution in [0.25, 0.3) is 0 Å². The van der Waals surface area contributed by atoms with Gasteiger partial charge >= 0.3 is 6.09 Å². The molecular formula is C9H16N2O2. The minimum atomic E-state index is -0.759. The Kier molecular flexibility index (Phi) is 2.15. The largest absolute Gasteiger partial charge is 0.465 e. The summed E-state index contributed by atoms with van der Waals surface area (Å²) in [5.41, 5.74) is 0. The number of carbonyl (C=O) groups is 1. The number of hydrogen-bond acceptors (Lipinski definition) is 2. The van der Waals surface area contributed by atoms with Crippen molar-refractivity contribution < 1.29 is 9.90 Å². The van der Waals surface area contributed by atoms with E-state index in [1.54, 1.807) is 4.90 Å². The van der Waals surface area contributed by atoms with Crippen LogP contribution in [0.2, 0.25) is 0 Å². The number of likely N-dealkylation sites (tertiary alicyclic amines) is 2. The normalized spacial score (nSPS) is 33.8. The zero-order valence-electron chi connectivity index (χ0n) is 7.94. The predicted molar refractivity (Wildman–Crippen MR) is 48.7 cm³/mol. The fraction of sp³-hybridized carbons (Fsp3) is 0.889. The van der Waals surface area contributed by atoms with Gasteiger partial charge in [-0.25, -0.2) is 4.79 Å². The lowest BCUT2D eigenvalue weighted by Gasteiger charge is -2.21. The Balaban J connectivity index is 2.01. The van der Waals surface area contributed by atoms with Gasteiger partial charge in [-0.05, 0) is 25.4 Å². The SMILES string of the molecule is CCN1CC[C@@H]2CN(C(=O)O)C[C@@H]21. The molecule has 2 fully saturated rings. The average Bonchev–Trinajstić information content (AvgIpc) is 2.60. The van der Waals surface area contributed by atoms with Crippen molar-refractivity contribution in [2.24, 2.45) is 5.92 Å². The van der Waals surface area contributed by atoms with Gasteiger partial charge in [0.1, 0.15) is 0 Å². The van der Waals surface area contributed by atoms with E-state index in [-0.39, 0.29) is 0 Å². The fourth-order valence-corrected chi connectivity index (χ4v) is 2.60. The van der Waals surface area contributed by atoms with Gasteiger partial charge in [0.15, 0.2) is 0 Å². The lowest BCUT2D eigenvalue weighted by atomic mass is 10.1. The minimum absolute atomic E-state index is 0.501. The molecule has 0 saturated carbocycles. The van der Waals surface area contributed by atoms with E-state index >= 15 is 0 Å². The summed E-state index contributed by atoms with van der Waals surface area (Å²) in [5.74, 6) is 0.594. The van der Waals surface area contributed by atoms with E-state index in [1.807, 2.05) is 0 Å². The molecule has 4 nitrogen and oxygen atoms in total. The van der Waals surface area contributed by atoms with Crippen molar-refractivity contribution in [3.05, 3.63) is 0 Å². The van der Waals surface area contributed by atoms with Gasteiger partial charge in [0.2, 0.25) is 0 Å². The Labute approximate surface area is 78.1 Å². The smallest absolute Gasteiger partial charge is 0.407 e. The maximum atomic E-state index is 10.7. The lowest BCUT2D eigenvalue weighted by molar-refractivity contribution is 0.148. The summed E-state index contributed by atoms with van der Waals surface area (Å²) in [6.07, 6.45) is 0.410. The predicted octanol–water partition coefficient (Wildman–Crippen LogP) is 0.690. The molecule has 1 amide bonds. The molecule has 2 saturated heterocycles. The first-order valence-corrected chi connectivity index (χ1v) is 4.94. The molecule has 2 rings (SSSR count). The average molecular weight is 184 g/mol. The third kappa shape index (κ3) is 1.39. The number of carboxylic acid groups (broad SMARTS) is 1. The maximum Gasteiger partial charge on any atom is 0.407 e. The topological polar surface area (TPSA) is 43.8 Å². The highest BCUT2D eigenvalue weighted by atomic mass is 16.4. The van der Waals surface area contributed by atoms with E-state index in [4.69, 9.17) is 5.11 Å². The monoisotopic (exact) mass is 184 g/mol. The first kappa shape index (κ1) is 8.81. The van der Waals surface area contributed by atoms with Gasteiger partial charge in [-0.2, -0.15) is 0 Å². The summed E-state index contributed by atoms with van der Waals surface area (Å²) in [7, 11) is 0. The first-order valence-electron chi connectivity index (χ1n) is 4.94. The van der Waals surface area contributed by atoms with Crippen molar-refractivity contribution in [3.8, 4) is 0 Å². The molecule has 0 aromatic carbocycles. The molecule has 4 heteroatoms. The van der Waals surface area contributed by atoms with Crippen LogP contribution in [0.4, 0.5) is 4.79 Å². The van der Waals surface area contributed by atoms with E-state index in [9.17, 15) is 4.79 Å². The second kappa shape index (κ2) is 3.18. The summed E-state index contributed by atoms with van der Waals surface area (Å²) >= 11 is 0. The van der Waals surface area contributed by atoms with Crippen molar-refractivity contribution in [3.63, 3.8) is 0 Å². The second-order valence-electron chi connectivity index (χ2n) is 3.93. The van der Waals surface area contributed by atoms with Crippen molar-refractivity contribution in [2.45, 2.75) is 19.4 Å². The Morgan fingerprint density at radius 1 is 1.54 bits per heavy atom. The summed E-state index contributed by atoms with van der Waals surface area (Å²) in [6.45, 7) is 5.81. The Hall–Kier alpha value is -0.770. The standard InChI is InChI=1S/C9H16N2O2/c1-2-10-4-3-7-5-11(9(12)13)6-8(7)10/h7-8H,2-6H2,1H3,(H,12,13)/t7-,8+/m1/s1. The molecule has 13 heavy (non-hydrogen) atoms. The van der Waals surface area contributed by atoms with Crippen molar-refractivity contribution in [1.82, 2.24) is 9.80 Å². The molecule has 0 bridgehead atoms. The van der Waals surface area contributed by atoms with E-state index in [0.29, 0.717) is 18.5 Å². The lowest BCUT2D eigenvalue weighted by Crippen LogP contribution is -2.36. The third-order valence-electron chi connectivity index (χ3n) is 3.34. The number of fused-ring (bicyclic) bond motifs is 1. The molecule has 2 heterocycles. The zero-order chi connectivity index (χ0) is 9.42. The van der Waals surface area contributed by atoms with Gasteiger partial charge in [-0.15, -0.1) is 0 Å². The summed E-state index contributed by atoms with van der Waals surface area (Å²) in [4.78, 5) is 14.7. The quantitative estimate of drug-likeness (QED) is 0.652. The van der Waals surface area contributed by atoms with Crippen LogP contribution in [-0.2, 0) is 0 Å². The second-order valence-corrected chi connectivity index (χ2v) is 3.93. The van der Waals surface area contributed by atoms with Crippen LogP contribution in [-0.4, -0.2) is 53.2 Å². The molecule has 0 aromatic heterocycles. The molecule has 0 spiro atoms. The van der Waals surface area contributed by atoms with Crippen LogP contribution in [0, 0.1) is 5.92 Å². The van der Waals surface area contributed by atoms with E-state index in [1.165, 1.54) is 6.42 Å². The maximum absolute atomic E-state index is 10.7. The molecule has 1 N–H and O–H groups in total. The summed E-state index contributed by atoms with van der Waals surface area (Å²) in [6, 6.07) is 0.501. The highest BCUT2D eigenvalue weighted by Crippen LogP contribution is 2.30. The van der Waals surface area contributed by atoms with Crippen molar-refractivity contribution in [1.29, 1.82) is 0 Å². The molecule has 0 aliphatic carbocycles. The number of likely N-dealkylation sites (N-methyl/N-ethyl adjacent to an activating group) is 1. The van der Waals surface area contributed by atoms with Gasteiger partial charge in [-0.3, -0.25) is 4.90 Å². The molecule has 0 unspecified atom stereocenters. The molecule has 2 aliphatic rings. The molecule has 0 aromatic rings. The van der Waals surface area contributed by atoms with E-state index < -0.39 is 6.09 Å². The van der Waals surface area contributed by atoms with Crippen molar-refractivity contribution in [2.75, 3.05) is 26.2 Å². The highest BCUT2D eigenvalue weighted by molar-refractivity contribution is 5.65. The number of hydrogen-bond donors (Lipinski definition) is 1. The highest BCUT2D eigenvalue weighted by Gasteiger charge is 2.41. The van der Waals surface area contributed by atoms with E-state index in [0.717, 1.165) is 19.6 Å². The van der Waals surface area contributed by atoms with Crippen LogP contribution in [0.1, 0.15) is 13.3 Å². The molecule has 2 aliphatic heterocycles. The summed E-state index contributed by atoms with van der Waals surface area (Å²) < 4.78 is 0. The summed E-state index contributed by atoms with van der Waals surface area (Å²) in [5, 5.41) is 8.83. The zero-order valence-corrected chi connectivity index (χ0v) is 7.94. The van der Waals surface area contributed by atoms with Crippen LogP contribution in [0.3, 0.4) is 0 Å². The number of nitrogens with zero attached hydrogens (tertiary/aromatic N) is 2.